The molecule has 2 fully saturated rings. The molecule has 1 aliphatic carbocycles. The lowest BCUT2D eigenvalue weighted by molar-refractivity contribution is -0.138. The zero-order chi connectivity index (χ0) is 30.7. The molecule has 1 saturated heterocycles. The molecule has 2 heterocycles. The van der Waals surface area contributed by atoms with Crippen molar-refractivity contribution in [1.29, 1.82) is 0 Å². The molecule has 238 valence electrons. The monoisotopic (exact) mass is 609 g/mol. The van der Waals surface area contributed by atoms with Crippen LogP contribution in [0.1, 0.15) is 114 Å². The molecule has 1 aliphatic heterocycles. The van der Waals surface area contributed by atoms with Gasteiger partial charge in [-0.1, -0.05) is 57.0 Å². The number of rotatable bonds is 14. The van der Waals surface area contributed by atoms with E-state index in [4.69, 9.17) is 4.84 Å². The number of nitrogens with zero attached hydrogens (tertiary/aromatic N) is 4. The molecule has 0 radical (unpaired) electrons. The largest absolute Gasteiger partial charge is 0.419 e. The second kappa shape index (κ2) is 16.2. The van der Waals surface area contributed by atoms with Gasteiger partial charge in [-0.3, -0.25) is 0 Å². The molecule has 1 aromatic carbocycles. The van der Waals surface area contributed by atoms with Gasteiger partial charge >= 0.3 is 6.18 Å². The van der Waals surface area contributed by atoms with E-state index in [2.05, 4.69) is 27.4 Å². The maximum Gasteiger partial charge on any atom is 0.419 e. The summed E-state index contributed by atoms with van der Waals surface area (Å²) in [6, 6.07) is 2.65. The Morgan fingerprint density at radius 2 is 1.51 bits per heavy atom. The van der Waals surface area contributed by atoms with Crippen LogP contribution in [0, 0.1) is 11.6 Å². The molecule has 6 nitrogen and oxygen atoms in total. The molecule has 43 heavy (non-hydrogen) atoms. The number of hydrogen-bond donors (Lipinski definition) is 1. The lowest BCUT2D eigenvalue weighted by Crippen LogP contribution is -2.37. The van der Waals surface area contributed by atoms with Crippen molar-refractivity contribution in [3.63, 3.8) is 0 Å². The fourth-order valence-corrected chi connectivity index (χ4v) is 5.79. The number of nitrogens with one attached hydrogen (secondary N) is 1. The molecule has 4 rings (SSSR count). The van der Waals surface area contributed by atoms with Crippen molar-refractivity contribution in [3.8, 4) is 0 Å². The molecule has 1 N–H and O–H groups in total. The Bertz CT molecular complexity index is 1160. The van der Waals surface area contributed by atoms with Gasteiger partial charge in [-0.2, -0.15) is 13.2 Å². The highest BCUT2D eigenvalue weighted by Crippen LogP contribution is 2.35. The van der Waals surface area contributed by atoms with Crippen LogP contribution in [-0.2, 0) is 11.0 Å². The molecule has 1 aromatic heterocycles. The SMILES string of the molecule is CCCCCCCCCCNc1cc(F)c(C2CCC(=NOC3CCN(c4ncc(C(F)(F)F)cn4)CC3)CC2)cc1F. The van der Waals surface area contributed by atoms with Crippen molar-refractivity contribution in [3.05, 3.63) is 47.3 Å². The standard InChI is InChI=1S/C32H44F5N5O/c1-2-3-4-5-6-7-8-9-16-38-30-20-28(33)27(19-29(30)34)23-10-12-25(13-11-23)41-43-26-14-17-42(18-15-26)31-39-21-24(22-40-31)32(35,36)37/h19-23,26,38H,2-18H2,1H3. The van der Waals surface area contributed by atoms with Gasteiger partial charge in [0.1, 0.15) is 17.7 Å². The van der Waals surface area contributed by atoms with E-state index in [-0.39, 0.29) is 29.5 Å². The van der Waals surface area contributed by atoms with Crippen LogP contribution in [0.25, 0.3) is 0 Å². The first-order valence-electron chi connectivity index (χ1n) is 15.8. The summed E-state index contributed by atoms with van der Waals surface area (Å²) in [5.74, 6) is -0.578. The number of alkyl halides is 3. The highest BCUT2D eigenvalue weighted by Gasteiger charge is 2.32. The molecule has 0 atom stereocenters. The number of benzene rings is 1. The maximum absolute atomic E-state index is 15.0. The van der Waals surface area contributed by atoms with Crippen molar-refractivity contribution in [2.45, 2.75) is 115 Å². The minimum atomic E-state index is -4.46. The molecule has 0 unspecified atom stereocenters. The van der Waals surface area contributed by atoms with Gasteiger partial charge in [0.15, 0.2) is 0 Å². The Kier molecular flexibility index (Phi) is 12.4. The first kappa shape index (κ1) is 32.9. The minimum Gasteiger partial charge on any atom is -0.392 e. The summed E-state index contributed by atoms with van der Waals surface area (Å²) in [6.07, 6.45) is 10.6. The van der Waals surface area contributed by atoms with E-state index < -0.39 is 17.6 Å². The van der Waals surface area contributed by atoms with Gasteiger partial charge in [0, 0.05) is 50.9 Å². The number of oxime groups is 1. The third kappa shape index (κ3) is 10.0. The predicted molar refractivity (Wildman–Crippen MR) is 159 cm³/mol. The number of anilines is 2. The first-order chi connectivity index (χ1) is 20.7. The van der Waals surface area contributed by atoms with Crippen molar-refractivity contribution in [2.75, 3.05) is 29.9 Å². The van der Waals surface area contributed by atoms with Gasteiger partial charge in [0.05, 0.1) is 17.0 Å². The highest BCUT2D eigenvalue weighted by molar-refractivity contribution is 5.84. The summed E-state index contributed by atoms with van der Waals surface area (Å²) in [5.41, 5.74) is 0.695. The second-order valence-corrected chi connectivity index (χ2v) is 11.7. The van der Waals surface area contributed by atoms with Gasteiger partial charge in [-0.25, -0.2) is 18.7 Å². The lowest BCUT2D eigenvalue weighted by atomic mass is 9.83. The predicted octanol–water partition coefficient (Wildman–Crippen LogP) is 9.03. The fourth-order valence-electron chi connectivity index (χ4n) is 5.79. The Labute approximate surface area is 251 Å². The number of aromatic nitrogens is 2. The molecular weight excluding hydrogens is 565 g/mol. The Balaban J connectivity index is 1.16. The van der Waals surface area contributed by atoms with Crippen LogP contribution < -0.4 is 10.2 Å². The first-order valence-corrected chi connectivity index (χ1v) is 15.8. The number of unbranched alkanes of at least 4 members (excludes halogenated alkanes) is 7. The molecule has 0 spiro atoms. The Morgan fingerprint density at radius 1 is 0.884 bits per heavy atom. The fraction of sp³-hybridized carbons (Fsp3) is 0.656. The zero-order valence-electron chi connectivity index (χ0n) is 25.1. The Morgan fingerprint density at radius 3 is 2.14 bits per heavy atom. The van der Waals surface area contributed by atoms with E-state index in [1.165, 1.54) is 50.7 Å². The smallest absolute Gasteiger partial charge is 0.392 e. The second-order valence-electron chi connectivity index (χ2n) is 11.7. The molecule has 2 aliphatic rings. The molecule has 1 saturated carbocycles. The third-order valence-corrected chi connectivity index (χ3v) is 8.46. The normalized spacial score (nSPS) is 18.1. The van der Waals surface area contributed by atoms with Gasteiger partial charge in [0.2, 0.25) is 5.95 Å². The van der Waals surface area contributed by atoms with Gasteiger partial charge in [-0.15, -0.1) is 0 Å². The van der Waals surface area contributed by atoms with E-state index >= 15 is 0 Å². The van der Waals surface area contributed by atoms with Crippen molar-refractivity contribution >= 4 is 17.3 Å². The van der Waals surface area contributed by atoms with Crippen LogP contribution >= 0.6 is 0 Å². The molecular formula is C32H44F5N5O. The van der Waals surface area contributed by atoms with E-state index in [1.807, 2.05) is 4.90 Å². The van der Waals surface area contributed by atoms with Gasteiger partial charge in [0.25, 0.3) is 0 Å². The van der Waals surface area contributed by atoms with Crippen molar-refractivity contribution < 1.29 is 26.8 Å². The minimum absolute atomic E-state index is 0.0674. The topological polar surface area (TPSA) is 62.6 Å². The summed E-state index contributed by atoms with van der Waals surface area (Å²) in [5, 5.41) is 7.43. The van der Waals surface area contributed by atoms with Gasteiger partial charge in [-0.05, 0) is 49.7 Å². The average Bonchev–Trinajstić information content (AvgIpc) is 3.01. The molecule has 11 heteroatoms. The molecule has 0 amide bonds. The number of piperidine rings is 1. The van der Waals surface area contributed by atoms with E-state index in [0.29, 0.717) is 63.7 Å². The van der Waals surface area contributed by atoms with Gasteiger partial charge < -0.3 is 15.1 Å². The van der Waals surface area contributed by atoms with E-state index in [0.717, 1.165) is 30.9 Å². The van der Waals surface area contributed by atoms with Crippen LogP contribution in [0.3, 0.4) is 0 Å². The van der Waals surface area contributed by atoms with Crippen LogP contribution in [-0.4, -0.2) is 41.4 Å². The number of hydrogen-bond acceptors (Lipinski definition) is 6. The molecule has 0 bridgehead atoms. The zero-order valence-corrected chi connectivity index (χ0v) is 25.1. The van der Waals surface area contributed by atoms with E-state index in [1.54, 1.807) is 0 Å². The highest BCUT2D eigenvalue weighted by atomic mass is 19.4. The van der Waals surface area contributed by atoms with Crippen LogP contribution in [0.4, 0.5) is 33.6 Å². The Hall–Kier alpha value is -2.98. The summed E-state index contributed by atoms with van der Waals surface area (Å²) in [7, 11) is 0. The lowest BCUT2D eigenvalue weighted by Gasteiger charge is -2.31. The average molecular weight is 610 g/mol. The quantitative estimate of drug-likeness (QED) is 0.132. The number of halogens is 5. The van der Waals surface area contributed by atoms with Crippen LogP contribution in [0.5, 0.6) is 0 Å². The maximum atomic E-state index is 15.0. The van der Waals surface area contributed by atoms with Crippen LogP contribution in [0.15, 0.2) is 29.7 Å². The third-order valence-electron chi connectivity index (χ3n) is 8.46. The van der Waals surface area contributed by atoms with E-state index in [9.17, 15) is 22.0 Å². The summed E-state index contributed by atoms with van der Waals surface area (Å²) in [4.78, 5) is 15.4. The summed E-state index contributed by atoms with van der Waals surface area (Å²) >= 11 is 0. The summed E-state index contributed by atoms with van der Waals surface area (Å²) < 4.78 is 68.0. The molecule has 2 aromatic rings. The van der Waals surface area contributed by atoms with Crippen LogP contribution in [0.2, 0.25) is 0 Å². The van der Waals surface area contributed by atoms with Crippen molar-refractivity contribution in [2.24, 2.45) is 5.16 Å². The summed E-state index contributed by atoms with van der Waals surface area (Å²) in [6.45, 7) is 3.95. The van der Waals surface area contributed by atoms with Crippen molar-refractivity contribution in [1.82, 2.24) is 9.97 Å².